The van der Waals surface area contributed by atoms with E-state index in [4.69, 9.17) is 0 Å². The summed E-state index contributed by atoms with van der Waals surface area (Å²) >= 11 is 0. The van der Waals surface area contributed by atoms with E-state index in [1.165, 1.54) is 9.87 Å². The van der Waals surface area contributed by atoms with E-state index in [0.29, 0.717) is 26.1 Å². The van der Waals surface area contributed by atoms with Gasteiger partial charge >= 0.3 is 0 Å². The number of benzene rings is 3. The van der Waals surface area contributed by atoms with Gasteiger partial charge in [0.2, 0.25) is 5.91 Å². The zero-order valence-electron chi connectivity index (χ0n) is 21.5. The Bertz CT molecular complexity index is 1350. The average Bonchev–Trinajstić information content (AvgIpc) is 2.93. The highest BCUT2D eigenvalue weighted by Gasteiger charge is 2.31. The Morgan fingerprint density at radius 1 is 0.838 bits per heavy atom. The maximum atomic E-state index is 13.4. The second-order valence-electron chi connectivity index (χ2n) is 9.86. The van der Waals surface area contributed by atoms with Crippen LogP contribution in [0, 0.1) is 0 Å². The van der Waals surface area contributed by atoms with Crippen molar-refractivity contribution in [2.75, 3.05) is 44.7 Å². The number of carbonyl (C=O) groups excluding carboxylic acids is 1. The molecule has 7 nitrogen and oxygen atoms in total. The van der Waals surface area contributed by atoms with Gasteiger partial charge in [-0.1, -0.05) is 60.7 Å². The predicted molar refractivity (Wildman–Crippen MR) is 147 cm³/mol. The minimum absolute atomic E-state index is 0.126. The first kappa shape index (κ1) is 25.4. The lowest BCUT2D eigenvalue weighted by Crippen LogP contribution is -2.48. The maximum absolute atomic E-state index is 13.4. The van der Waals surface area contributed by atoms with Crippen LogP contribution in [0.3, 0.4) is 0 Å². The number of hydrogen-bond donors (Lipinski definition) is 0. The van der Waals surface area contributed by atoms with Crippen LogP contribution in [0.2, 0.25) is 0 Å². The zero-order chi connectivity index (χ0) is 26.0. The summed E-state index contributed by atoms with van der Waals surface area (Å²) in [6.07, 6.45) is 0.690. The van der Waals surface area contributed by atoms with Crippen LogP contribution in [-0.2, 0) is 34.5 Å². The minimum Gasteiger partial charge on any atom is -0.368 e. The van der Waals surface area contributed by atoms with Crippen molar-refractivity contribution in [3.05, 3.63) is 89.5 Å². The van der Waals surface area contributed by atoms with Crippen LogP contribution < -0.4 is 4.90 Å². The fourth-order valence-electron chi connectivity index (χ4n) is 5.16. The van der Waals surface area contributed by atoms with Crippen LogP contribution in [0.15, 0.2) is 72.8 Å². The number of nitrogens with zero attached hydrogens (tertiary/aromatic N) is 4. The number of piperazine rings is 1. The molecule has 0 bridgehead atoms. The Kier molecular flexibility index (Phi) is 7.33. The molecule has 5 rings (SSSR count). The van der Waals surface area contributed by atoms with Crippen molar-refractivity contribution in [3.63, 3.8) is 0 Å². The summed E-state index contributed by atoms with van der Waals surface area (Å²) < 4.78 is 29.8. The lowest BCUT2D eigenvalue weighted by atomic mass is 10.00. The molecule has 0 saturated carbocycles. The molecule has 0 aliphatic carbocycles. The zero-order valence-corrected chi connectivity index (χ0v) is 22.3. The van der Waals surface area contributed by atoms with E-state index < -0.39 is 10.2 Å². The Morgan fingerprint density at radius 3 is 2.19 bits per heavy atom. The van der Waals surface area contributed by atoms with Gasteiger partial charge in [0.05, 0.1) is 0 Å². The topological polar surface area (TPSA) is 64.2 Å². The molecule has 0 aromatic heterocycles. The van der Waals surface area contributed by atoms with Gasteiger partial charge in [0.1, 0.15) is 0 Å². The fraction of sp³-hybridized carbons (Fsp3) is 0.345. The van der Waals surface area contributed by atoms with E-state index in [1.807, 2.05) is 47.4 Å². The third-order valence-electron chi connectivity index (χ3n) is 7.44. The van der Waals surface area contributed by atoms with Crippen molar-refractivity contribution in [3.8, 4) is 11.1 Å². The van der Waals surface area contributed by atoms with E-state index in [1.54, 1.807) is 18.3 Å². The van der Waals surface area contributed by atoms with Crippen LogP contribution in [0.25, 0.3) is 11.1 Å². The van der Waals surface area contributed by atoms with Gasteiger partial charge in [0.25, 0.3) is 10.2 Å². The molecule has 1 saturated heterocycles. The molecule has 37 heavy (non-hydrogen) atoms. The molecule has 2 heterocycles. The van der Waals surface area contributed by atoms with Gasteiger partial charge in [-0.25, -0.2) is 0 Å². The summed E-state index contributed by atoms with van der Waals surface area (Å²) in [6, 6.07) is 24.6. The summed E-state index contributed by atoms with van der Waals surface area (Å²) in [6.45, 7) is 5.90. The van der Waals surface area contributed by atoms with Crippen molar-refractivity contribution < 1.29 is 13.2 Å². The van der Waals surface area contributed by atoms with Crippen LogP contribution in [0.5, 0.6) is 0 Å². The minimum atomic E-state index is -3.59. The van der Waals surface area contributed by atoms with Crippen molar-refractivity contribution in [2.45, 2.75) is 26.4 Å². The quantitative estimate of drug-likeness (QED) is 0.499. The molecule has 3 aromatic rings. The molecule has 8 heteroatoms. The molecule has 0 unspecified atom stereocenters. The first-order chi connectivity index (χ1) is 17.8. The Labute approximate surface area is 220 Å². The summed E-state index contributed by atoms with van der Waals surface area (Å²) in [5.74, 6) is 0.126. The van der Waals surface area contributed by atoms with Crippen LogP contribution >= 0.6 is 0 Å². The fourth-order valence-corrected chi connectivity index (χ4v) is 6.49. The van der Waals surface area contributed by atoms with Gasteiger partial charge in [-0.2, -0.15) is 17.0 Å². The van der Waals surface area contributed by atoms with Crippen LogP contribution in [-0.4, -0.2) is 67.6 Å². The number of carbonyl (C=O) groups is 1. The van der Waals surface area contributed by atoms with Crippen LogP contribution in [0.1, 0.15) is 23.6 Å². The normalized spacial score (nSPS) is 16.6. The molecule has 0 radical (unpaired) electrons. The van der Waals surface area contributed by atoms with Crippen molar-refractivity contribution >= 4 is 21.8 Å². The average molecular weight is 519 g/mol. The molecule has 3 aromatic carbocycles. The molecule has 1 amide bonds. The predicted octanol–water partition coefficient (Wildman–Crippen LogP) is 3.76. The van der Waals surface area contributed by atoms with Gasteiger partial charge in [0, 0.05) is 65.5 Å². The van der Waals surface area contributed by atoms with E-state index in [9.17, 15) is 13.2 Å². The highest BCUT2D eigenvalue weighted by atomic mass is 32.2. The second kappa shape index (κ2) is 10.7. The molecule has 0 atom stereocenters. The van der Waals surface area contributed by atoms with Crippen molar-refractivity contribution in [2.24, 2.45) is 0 Å². The van der Waals surface area contributed by atoms with Gasteiger partial charge in [-0.15, -0.1) is 0 Å². The smallest absolute Gasteiger partial charge is 0.282 e. The highest BCUT2D eigenvalue weighted by Crippen LogP contribution is 2.28. The van der Waals surface area contributed by atoms with E-state index in [0.717, 1.165) is 54.1 Å². The van der Waals surface area contributed by atoms with Crippen molar-refractivity contribution in [1.82, 2.24) is 13.5 Å². The number of amides is 1. The van der Waals surface area contributed by atoms with E-state index >= 15 is 0 Å². The van der Waals surface area contributed by atoms with Gasteiger partial charge in [-0.05, 0) is 46.4 Å². The molecule has 194 valence electrons. The van der Waals surface area contributed by atoms with Gasteiger partial charge in [-0.3, -0.25) is 4.79 Å². The van der Waals surface area contributed by atoms with Crippen molar-refractivity contribution in [1.29, 1.82) is 0 Å². The Balaban J connectivity index is 1.22. The number of fused-ring (bicyclic) bond motifs is 1. The van der Waals surface area contributed by atoms with Crippen LogP contribution in [0.4, 0.5) is 5.69 Å². The lowest BCUT2D eigenvalue weighted by molar-refractivity contribution is -0.129. The molecule has 0 spiro atoms. The first-order valence-electron chi connectivity index (χ1n) is 12.8. The largest absolute Gasteiger partial charge is 0.368 e. The first-order valence-corrected chi connectivity index (χ1v) is 14.2. The van der Waals surface area contributed by atoms with E-state index in [-0.39, 0.29) is 5.91 Å². The maximum Gasteiger partial charge on any atom is 0.282 e. The monoisotopic (exact) mass is 518 g/mol. The number of rotatable bonds is 6. The standard InChI is InChI=1S/C29H34N4O3S/c1-23(34)31-16-18-32(19-17-31)29-13-12-28-22-33(15-14-27(28)20-29)37(35,36)30(2)21-24-8-10-26(11-9-24)25-6-4-3-5-7-25/h3-13,20H,14-19,21-22H2,1-2H3. The number of anilines is 1. The lowest BCUT2D eigenvalue weighted by Gasteiger charge is -2.36. The Hall–Kier alpha value is -3.20. The molecular weight excluding hydrogens is 484 g/mol. The summed E-state index contributed by atoms with van der Waals surface area (Å²) in [5, 5.41) is 0. The second-order valence-corrected chi connectivity index (χ2v) is 11.9. The summed E-state index contributed by atoms with van der Waals surface area (Å²) in [4.78, 5) is 15.8. The molecular formula is C29H34N4O3S. The summed E-state index contributed by atoms with van der Waals surface area (Å²) in [7, 11) is -1.94. The molecule has 2 aliphatic rings. The SMILES string of the molecule is CC(=O)N1CCN(c2ccc3c(c2)CCN(S(=O)(=O)N(C)Cc2ccc(-c4ccccc4)cc2)C3)CC1. The van der Waals surface area contributed by atoms with Gasteiger partial charge in [0.15, 0.2) is 0 Å². The third kappa shape index (κ3) is 5.56. The third-order valence-corrected chi connectivity index (χ3v) is 9.32. The number of hydrogen-bond acceptors (Lipinski definition) is 4. The molecule has 1 fully saturated rings. The summed E-state index contributed by atoms with van der Waals surface area (Å²) in [5.41, 5.74) is 6.62. The molecule has 2 aliphatic heterocycles. The van der Waals surface area contributed by atoms with Gasteiger partial charge < -0.3 is 9.80 Å². The molecule has 0 N–H and O–H groups in total. The Morgan fingerprint density at radius 2 is 1.51 bits per heavy atom. The highest BCUT2D eigenvalue weighted by molar-refractivity contribution is 7.86. The van der Waals surface area contributed by atoms with E-state index in [2.05, 4.69) is 35.2 Å².